The second kappa shape index (κ2) is 9.97. The molecule has 0 amide bonds. The number of benzene rings is 2. The number of hydrogen-bond donors (Lipinski definition) is 3. The van der Waals surface area contributed by atoms with E-state index >= 15 is 0 Å². The van der Waals surface area contributed by atoms with Gasteiger partial charge < -0.3 is 21.3 Å². The Morgan fingerprint density at radius 3 is 2.66 bits per heavy atom. The molecule has 166 valence electrons. The Hall–Kier alpha value is -3.16. The molecule has 0 radical (unpaired) electrons. The average molecular weight is 453 g/mol. The lowest BCUT2D eigenvalue weighted by Crippen LogP contribution is -2.43. The smallest absolute Gasteiger partial charge is 0.225 e. The van der Waals surface area contributed by atoms with Crippen LogP contribution in [0.4, 0.5) is 21.8 Å². The molecule has 0 saturated carbocycles. The van der Waals surface area contributed by atoms with Crippen LogP contribution < -0.4 is 21.3 Å². The van der Waals surface area contributed by atoms with Crippen molar-refractivity contribution in [3.8, 4) is 0 Å². The summed E-state index contributed by atoms with van der Waals surface area (Å²) >= 11 is 6.48. The zero-order valence-electron chi connectivity index (χ0n) is 17.7. The van der Waals surface area contributed by atoms with Crippen LogP contribution in [0.5, 0.6) is 0 Å². The van der Waals surface area contributed by atoms with Crippen molar-refractivity contribution in [3.05, 3.63) is 83.3 Å². The molecule has 1 aliphatic heterocycles. The first-order valence-electron chi connectivity index (χ1n) is 10.6. The van der Waals surface area contributed by atoms with Gasteiger partial charge in [0.1, 0.15) is 5.82 Å². The van der Waals surface area contributed by atoms with E-state index in [2.05, 4.69) is 27.1 Å². The van der Waals surface area contributed by atoms with E-state index in [-0.39, 0.29) is 18.4 Å². The van der Waals surface area contributed by atoms with E-state index in [1.54, 1.807) is 24.4 Å². The highest BCUT2D eigenvalue weighted by atomic mass is 35.5. The topological polar surface area (TPSA) is 79.1 Å². The minimum Gasteiger partial charge on any atom is -0.394 e. The number of halogens is 2. The number of nitrogens with zero attached hydrogens (tertiary/aromatic N) is 3. The first-order chi connectivity index (χ1) is 15.5. The fourth-order valence-electron chi connectivity index (χ4n) is 3.89. The van der Waals surface area contributed by atoms with Crippen LogP contribution in [0.1, 0.15) is 24.0 Å². The highest BCUT2D eigenvalue weighted by Gasteiger charge is 2.28. The lowest BCUT2D eigenvalue weighted by atomic mass is 10.0. The van der Waals surface area contributed by atoms with Gasteiger partial charge in [-0.25, -0.2) is 9.37 Å². The van der Waals surface area contributed by atoms with Crippen molar-refractivity contribution in [2.45, 2.75) is 25.4 Å². The number of rotatable bonds is 7. The predicted octanol–water partition coefficient (Wildman–Crippen LogP) is 4.69. The highest BCUT2D eigenvalue weighted by molar-refractivity contribution is 6.32. The number of piperidine rings is 1. The molecule has 2 heterocycles. The summed E-state index contributed by atoms with van der Waals surface area (Å²) in [5, 5.41) is 7.10. The fourth-order valence-corrected chi connectivity index (χ4v) is 4.13. The summed E-state index contributed by atoms with van der Waals surface area (Å²) in [5.74, 6) is 0.648. The van der Waals surface area contributed by atoms with Crippen molar-refractivity contribution in [1.82, 2.24) is 15.3 Å². The van der Waals surface area contributed by atoms with Gasteiger partial charge in [0.25, 0.3) is 0 Å². The van der Waals surface area contributed by atoms with Crippen LogP contribution >= 0.6 is 11.6 Å². The van der Waals surface area contributed by atoms with E-state index in [4.69, 9.17) is 22.3 Å². The molecule has 0 atom stereocenters. The maximum Gasteiger partial charge on any atom is 0.225 e. The summed E-state index contributed by atoms with van der Waals surface area (Å²) in [6.45, 7) is 6.39. The Kier molecular flexibility index (Phi) is 6.87. The number of hydrogen-bond acceptors (Lipinski definition) is 6. The van der Waals surface area contributed by atoms with Crippen molar-refractivity contribution in [1.29, 1.82) is 0 Å². The molecule has 0 spiro atoms. The summed E-state index contributed by atoms with van der Waals surface area (Å²) in [5.41, 5.74) is 8.86. The summed E-state index contributed by atoms with van der Waals surface area (Å²) in [6.07, 6.45) is 3.38. The van der Waals surface area contributed by atoms with Crippen molar-refractivity contribution in [2.24, 2.45) is 0 Å². The zero-order chi connectivity index (χ0) is 22.5. The molecule has 1 aliphatic rings. The summed E-state index contributed by atoms with van der Waals surface area (Å²) in [6, 6.07) is 14.3. The molecule has 0 bridgehead atoms. The molecule has 1 fully saturated rings. The van der Waals surface area contributed by atoms with Gasteiger partial charge in [-0.1, -0.05) is 54.6 Å². The van der Waals surface area contributed by atoms with Crippen molar-refractivity contribution < 1.29 is 4.39 Å². The van der Waals surface area contributed by atoms with Crippen LogP contribution in [0.25, 0.3) is 5.70 Å². The quantitative estimate of drug-likeness (QED) is 0.482. The van der Waals surface area contributed by atoms with Gasteiger partial charge in [0, 0.05) is 34.4 Å². The first-order valence-corrected chi connectivity index (χ1v) is 11.0. The summed E-state index contributed by atoms with van der Waals surface area (Å²) in [4.78, 5) is 11.1. The molecule has 0 aliphatic carbocycles. The van der Waals surface area contributed by atoms with Gasteiger partial charge >= 0.3 is 0 Å². The molecule has 2 aromatic carbocycles. The molecule has 1 saturated heterocycles. The Labute approximate surface area is 192 Å². The first kappa shape index (κ1) is 22.0. The van der Waals surface area contributed by atoms with E-state index in [1.807, 2.05) is 24.3 Å². The van der Waals surface area contributed by atoms with Gasteiger partial charge in [-0.05, 0) is 38.1 Å². The lowest BCUT2D eigenvalue weighted by Gasteiger charge is -2.37. The van der Waals surface area contributed by atoms with Gasteiger partial charge in [-0.3, -0.25) is 0 Å². The molecule has 4 rings (SSSR count). The maximum atomic E-state index is 14.0. The number of anilines is 3. The van der Waals surface area contributed by atoms with Crippen LogP contribution in [-0.2, 0) is 6.54 Å². The normalized spacial score (nSPS) is 14.2. The average Bonchev–Trinajstić information content (AvgIpc) is 2.81. The Morgan fingerprint density at radius 2 is 1.91 bits per heavy atom. The minimum absolute atomic E-state index is 0.150. The molecule has 0 unspecified atom stereocenters. The Bertz CT molecular complexity index is 1100. The highest BCUT2D eigenvalue weighted by Crippen LogP contribution is 2.35. The molecular formula is C24H26ClFN6. The fraction of sp³-hybridized carbons (Fsp3) is 0.250. The number of nitrogen functional groups attached to an aromatic ring is 1. The SMILES string of the molecule is C=C(c1ccccc1Cl)N(c1nc(NCc2ccccc2F)ncc1N)C1CCNCC1. The lowest BCUT2D eigenvalue weighted by molar-refractivity contribution is 0.452. The Balaban J connectivity index is 1.67. The van der Waals surface area contributed by atoms with E-state index < -0.39 is 0 Å². The van der Waals surface area contributed by atoms with Gasteiger partial charge in [0.15, 0.2) is 5.82 Å². The van der Waals surface area contributed by atoms with Crippen LogP contribution in [0, 0.1) is 5.82 Å². The zero-order valence-corrected chi connectivity index (χ0v) is 18.4. The van der Waals surface area contributed by atoms with Gasteiger partial charge in [-0.15, -0.1) is 0 Å². The second-order valence-electron chi connectivity index (χ2n) is 7.70. The van der Waals surface area contributed by atoms with E-state index in [9.17, 15) is 4.39 Å². The Morgan fingerprint density at radius 1 is 1.19 bits per heavy atom. The van der Waals surface area contributed by atoms with E-state index in [0.717, 1.165) is 37.2 Å². The van der Waals surface area contributed by atoms with Crippen LogP contribution in [0.15, 0.2) is 61.3 Å². The molecule has 4 N–H and O–H groups in total. The van der Waals surface area contributed by atoms with E-state index in [0.29, 0.717) is 28.0 Å². The molecule has 32 heavy (non-hydrogen) atoms. The van der Waals surface area contributed by atoms with Crippen molar-refractivity contribution >= 4 is 34.8 Å². The summed E-state index contributed by atoms with van der Waals surface area (Å²) in [7, 11) is 0. The van der Waals surface area contributed by atoms with Gasteiger partial charge in [0.05, 0.1) is 11.9 Å². The monoisotopic (exact) mass is 452 g/mol. The standard InChI is InChI=1S/C24H26ClFN6/c1-16(19-7-3-4-8-20(19)25)32(18-10-12-28-13-11-18)23-22(27)15-30-24(31-23)29-14-17-6-2-5-9-21(17)26/h2-9,15,18,28H,1,10-14,27H2,(H,29,30,31). The van der Waals surface area contributed by atoms with Crippen LogP contribution in [0.2, 0.25) is 5.02 Å². The molecule has 6 nitrogen and oxygen atoms in total. The van der Waals surface area contributed by atoms with Crippen LogP contribution in [0.3, 0.4) is 0 Å². The van der Waals surface area contributed by atoms with Crippen molar-refractivity contribution in [2.75, 3.05) is 29.0 Å². The van der Waals surface area contributed by atoms with Crippen molar-refractivity contribution in [3.63, 3.8) is 0 Å². The minimum atomic E-state index is -0.279. The molecule has 8 heteroatoms. The third kappa shape index (κ3) is 4.84. The van der Waals surface area contributed by atoms with Crippen LogP contribution in [-0.4, -0.2) is 29.1 Å². The number of nitrogens with two attached hydrogens (primary N) is 1. The largest absolute Gasteiger partial charge is 0.394 e. The summed E-state index contributed by atoms with van der Waals surface area (Å²) < 4.78 is 14.0. The van der Waals surface area contributed by atoms with E-state index in [1.165, 1.54) is 6.07 Å². The third-order valence-electron chi connectivity index (χ3n) is 5.57. The van der Waals surface area contributed by atoms with Gasteiger partial charge in [0.2, 0.25) is 5.95 Å². The molecule has 3 aromatic rings. The maximum absolute atomic E-state index is 14.0. The number of aromatic nitrogens is 2. The second-order valence-corrected chi connectivity index (χ2v) is 8.10. The third-order valence-corrected chi connectivity index (χ3v) is 5.90. The molecule has 1 aromatic heterocycles. The number of nitrogens with one attached hydrogen (secondary N) is 2. The predicted molar refractivity (Wildman–Crippen MR) is 129 cm³/mol. The molecular weight excluding hydrogens is 427 g/mol. The van der Waals surface area contributed by atoms with Gasteiger partial charge in [-0.2, -0.15) is 4.98 Å².